The number of aliphatic hydroxyl groups excluding tert-OH is 2. The van der Waals surface area contributed by atoms with E-state index in [4.69, 9.17) is 4.74 Å². The minimum Gasteiger partial charge on any atom is -0.466 e. The van der Waals surface area contributed by atoms with Crippen LogP contribution in [0.3, 0.4) is 0 Å². The molecule has 3 N–H and O–H groups in total. The van der Waals surface area contributed by atoms with Crippen LogP contribution in [0.15, 0.2) is 24.3 Å². The summed E-state index contributed by atoms with van der Waals surface area (Å²) in [5, 5.41) is 23.3. The van der Waals surface area contributed by atoms with Crippen LogP contribution in [0.25, 0.3) is 0 Å². The predicted molar refractivity (Wildman–Crippen MR) is 296 cm³/mol. The second-order valence-electron chi connectivity index (χ2n) is 21.0. The molecule has 2 unspecified atom stereocenters. The van der Waals surface area contributed by atoms with Crippen molar-refractivity contribution < 1.29 is 24.5 Å². The number of rotatable bonds is 57. The predicted octanol–water partition coefficient (Wildman–Crippen LogP) is 19.0. The second-order valence-corrected chi connectivity index (χ2v) is 21.0. The Kier molecular flexibility index (Phi) is 56.5. The number of unbranched alkanes of at least 4 members (excludes halogenated alkanes) is 42. The van der Waals surface area contributed by atoms with Crippen molar-refractivity contribution in [1.82, 2.24) is 5.32 Å². The minimum absolute atomic E-state index is 0.00217. The third-order valence-electron chi connectivity index (χ3n) is 14.3. The zero-order valence-electron chi connectivity index (χ0n) is 45.9. The van der Waals surface area contributed by atoms with Gasteiger partial charge in [0.05, 0.1) is 25.4 Å². The molecular weight excluding hydrogens is 839 g/mol. The van der Waals surface area contributed by atoms with Crippen LogP contribution in [-0.2, 0) is 14.3 Å². The van der Waals surface area contributed by atoms with Crippen LogP contribution in [0.5, 0.6) is 0 Å². The van der Waals surface area contributed by atoms with Gasteiger partial charge in [-0.25, -0.2) is 0 Å². The molecule has 6 nitrogen and oxygen atoms in total. The van der Waals surface area contributed by atoms with E-state index in [2.05, 4.69) is 43.5 Å². The Morgan fingerprint density at radius 2 is 0.735 bits per heavy atom. The summed E-state index contributed by atoms with van der Waals surface area (Å²) >= 11 is 0. The lowest BCUT2D eigenvalue weighted by Crippen LogP contribution is -2.45. The third-order valence-corrected chi connectivity index (χ3v) is 14.3. The number of hydrogen-bond donors (Lipinski definition) is 3. The molecule has 1 amide bonds. The molecule has 2 atom stereocenters. The van der Waals surface area contributed by atoms with E-state index in [9.17, 15) is 19.8 Å². The summed E-state index contributed by atoms with van der Waals surface area (Å²) in [5.41, 5.74) is 0. The van der Waals surface area contributed by atoms with Gasteiger partial charge in [0.2, 0.25) is 5.91 Å². The van der Waals surface area contributed by atoms with E-state index in [1.807, 2.05) is 0 Å². The van der Waals surface area contributed by atoms with E-state index in [1.54, 1.807) is 0 Å². The molecule has 6 heteroatoms. The van der Waals surface area contributed by atoms with Crippen molar-refractivity contribution in [2.75, 3.05) is 13.2 Å². The van der Waals surface area contributed by atoms with E-state index in [0.717, 1.165) is 51.4 Å². The molecule has 0 bridgehead atoms. The van der Waals surface area contributed by atoms with Gasteiger partial charge in [0, 0.05) is 12.8 Å². The zero-order valence-corrected chi connectivity index (χ0v) is 45.9. The maximum absolute atomic E-state index is 12.5. The molecule has 0 heterocycles. The molecule has 0 saturated heterocycles. The highest BCUT2D eigenvalue weighted by atomic mass is 16.5. The Bertz CT molecular complexity index is 1060. The van der Waals surface area contributed by atoms with Gasteiger partial charge in [-0.15, -0.1) is 0 Å². The van der Waals surface area contributed by atoms with Gasteiger partial charge < -0.3 is 20.3 Å². The maximum Gasteiger partial charge on any atom is 0.305 e. The number of amides is 1. The number of carbonyl (C=O) groups is 2. The molecule has 0 fully saturated rings. The zero-order chi connectivity index (χ0) is 49.3. The number of hydrogen-bond acceptors (Lipinski definition) is 5. The lowest BCUT2D eigenvalue weighted by atomic mass is 10.0. The molecule has 0 aromatic heterocycles. The van der Waals surface area contributed by atoms with Crippen molar-refractivity contribution in [2.24, 2.45) is 0 Å². The molecule has 0 aromatic carbocycles. The topological polar surface area (TPSA) is 95.9 Å². The van der Waals surface area contributed by atoms with E-state index < -0.39 is 12.1 Å². The second kappa shape index (κ2) is 57.9. The average molecular weight is 959 g/mol. The molecule has 68 heavy (non-hydrogen) atoms. The van der Waals surface area contributed by atoms with Crippen LogP contribution in [0.4, 0.5) is 0 Å². The molecule has 402 valence electrons. The number of allylic oxidation sites excluding steroid dienone is 4. The summed E-state index contributed by atoms with van der Waals surface area (Å²) in [6.45, 7) is 4.94. The fraction of sp³-hybridized carbons (Fsp3) is 0.903. The first-order valence-electron chi connectivity index (χ1n) is 30.6. The summed E-state index contributed by atoms with van der Waals surface area (Å²) < 4.78 is 5.49. The first-order chi connectivity index (χ1) is 33.5. The molecule has 0 aliphatic rings. The highest BCUT2D eigenvalue weighted by Gasteiger charge is 2.20. The van der Waals surface area contributed by atoms with Gasteiger partial charge in [-0.2, -0.15) is 0 Å². The van der Waals surface area contributed by atoms with Gasteiger partial charge in [-0.1, -0.05) is 289 Å². The Morgan fingerprint density at radius 3 is 1.13 bits per heavy atom. The minimum atomic E-state index is -0.666. The van der Waals surface area contributed by atoms with Gasteiger partial charge >= 0.3 is 5.97 Å². The maximum atomic E-state index is 12.5. The summed E-state index contributed by atoms with van der Waals surface area (Å²) in [5.74, 6) is -0.0344. The highest BCUT2D eigenvalue weighted by molar-refractivity contribution is 5.76. The number of esters is 1. The van der Waals surface area contributed by atoms with Gasteiger partial charge in [0.15, 0.2) is 0 Å². The largest absolute Gasteiger partial charge is 0.466 e. The van der Waals surface area contributed by atoms with Gasteiger partial charge in [-0.3, -0.25) is 9.59 Å². The molecule has 0 radical (unpaired) electrons. The standard InChI is InChI=1S/C62H119NO5/c1-3-5-7-9-11-13-15-17-19-20-25-28-32-36-40-44-48-52-56-62(67)68-57-53-49-45-41-37-33-29-26-23-21-22-24-27-31-35-39-43-47-51-55-61(66)63-59(58-64)60(65)54-50-46-42-38-34-30-18-16-14-12-10-8-6-4-2/h13,15,19-20,59-60,64-65H,3-12,14,16-18,21-58H2,1-2H3,(H,63,66)/b15-13-,20-19-. The summed E-state index contributed by atoms with van der Waals surface area (Å²) in [6.07, 6.45) is 70.3. The highest BCUT2D eigenvalue weighted by Crippen LogP contribution is 2.18. The van der Waals surface area contributed by atoms with Crippen LogP contribution < -0.4 is 5.32 Å². The van der Waals surface area contributed by atoms with Crippen molar-refractivity contribution in [2.45, 2.75) is 347 Å². The van der Waals surface area contributed by atoms with Gasteiger partial charge in [0.25, 0.3) is 0 Å². The molecule has 0 rings (SSSR count). The average Bonchev–Trinajstić information content (AvgIpc) is 3.34. The van der Waals surface area contributed by atoms with Gasteiger partial charge in [-0.05, 0) is 57.8 Å². The summed E-state index contributed by atoms with van der Waals surface area (Å²) in [7, 11) is 0. The normalized spacial score (nSPS) is 12.7. The molecule has 0 aliphatic carbocycles. The van der Waals surface area contributed by atoms with Crippen LogP contribution in [0.2, 0.25) is 0 Å². The van der Waals surface area contributed by atoms with Crippen LogP contribution in [0, 0.1) is 0 Å². The lowest BCUT2D eigenvalue weighted by molar-refractivity contribution is -0.143. The fourth-order valence-electron chi connectivity index (χ4n) is 9.55. The van der Waals surface area contributed by atoms with E-state index in [0.29, 0.717) is 25.9 Å². The lowest BCUT2D eigenvalue weighted by Gasteiger charge is -2.22. The number of ether oxygens (including phenoxy) is 1. The van der Waals surface area contributed by atoms with Crippen molar-refractivity contribution in [1.29, 1.82) is 0 Å². The van der Waals surface area contributed by atoms with E-state index >= 15 is 0 Å². The quantitative estimate of drug-likeness (QED) is 0.0321. The van der Waals surface area contributed by atoms with Crippen molar-refractivity contribution in [3.63, 3.8) is 0 Å². The third kappa shape index (κ3) is 53.7. The molecule has 0 spiro atoms. The Morgan fingerprint density at radius 1 is 0.412 bits per heavy atom. The number of carbonyl (C=O) groups excluding carboxylic acids is 2. The van der Waals surface area contributed by atoms with E-state index in [-0.39, 0.29) is 18.5 Å². The molecule has 0 aromatic rings. The van der Waals surface area contributed by atoms with Gasteiger partial charge in [0.1, 0.15) is 0 Å². The Labute approximate surface area is 424 Å². The Balaban J connectivity index is 3.39. The van der Waals surface area contributed by atoms with Crippen molar-refractivity contribution in [3.05, 3.63) is 24.3 Å². The SMILES string of the molecule is CCCCCC/C=C\C/C=C\CCCCCCCCCC(=O)OCCCCCCCCCCCCCCCCCCCCCC(=O)NC(CO)C(O)CCCCCCCCCCCCCCCC. The summed E-state index contributed by atoms with van der Waals surface area (Å²) in [4.78, 5) is 24.6. The van der Waals surface area contributed by atoms with Crippen LogP contribution >= 0.6 is 0 Å². The first-order valence-corrected chi connectivity index (χ1v) is 30.6. The first kappa shape index (κ1) is 66.3. The van der Waals surface area contributed by atoms with Crippen molar-refractivity contribution >= 4 is 11.9 Å². The van der Waals surface area contributed by atoms with E-state index in [1.165, 1.54) is 250 Å². The molecular formula is C62H119NO5. The Hall–Kier alpha value is -1.66. The molecule has 0 aliphatic heterocycles. The number of nitrogens with one attached hydrogen (secondary N) is 1. The number of aliphatic hydroxyl groups is 2. The molecule has 0 saturated carbocycles. The van der Waals surface area contributed by atoms with Crippen LogP contribution in [0.1, 0.15) is 335 Å². The smallest absolute Gasteiger partial charge is 0.305 e. The monoisotopic (exact) mass is 958 g/mol. The fourth-order valence-corrected chi connectivity index (χ4v) is 9.55. The van der Waals surface area contributed by atoms with Crippen molar-refractivity contribution in [3.8, 4) is 0 Å². The summed E-state index contributed by atoms with van der Waals surface area (Å²) in [6, 6.07) is -0.543. The van der Waals surface area contributed by atoms with Crippen LogP contribution in [-0.4, -0.2) is 47.4 Å².